The van der Waals surface area contributed by atoms with Crippen molar-refractivity contribution in [2.45, 2.75) is 18.9 Å². The van der Waals surface area contributed by atoms with Gasteiger partial charge in [-0.3, -0.25) is 4.57 Å². The second-order valence-corrected chi connectivity index (χ2v) is 3.67. The SMILES string of the molecule is COc1ncnc2c1nc(N)n2CC(F)(F)C(F)F. The molecule has 0 radical (unpaired) electrons. The first-order valence-corrected chi connectivity index (χ1v) is 5.03. The minimum Gasteiger partial charge on any atom is -0.479 e. The van der Waals surface area contributed by atoms with Gasteiger partial charge in [0.1, 0.15) is 6.33 Å². The number of nitrogens with zero attached hydrogens (tertiary/aromatic N) is 4. The van der Waals surface area contributed by atoms with Crippen LogP contribution in [-0.2, 0) is 6.54 Å². The van der Waals surface area contributed by atoms with Crippen molar-refractivity contribution in [2.75, 3.05) is 12.8 Å². The van der Waals surface area contributed by atoms with E-state index in [2.05, 4.69) is 15.0 Å². The molecule has 104 valence electrons. The van der Waals surface area contributed by atoms with Gasteiger partial charge in [0, 0.05) is 0 Å². The number of halogens is 4. The molecule has 10 heteroatoms. The molecule has 2 N–H and O–H groups in total. The summed E-state index contributed by atoms with van der Waals surface area (Å²) in [5.74, 6) is -4.58. The first-order chi connectivity index (χ1) is 8.86. The van der Waals surface area contributed by atoms with E-state index in [1.54, 1.807) is 0 Å². The number of anilines is 1. The fourth-order valence-electron chi connectivity index (χ4n) is 1.52. The lowest BCUT2D eigenvalue weighted by molar-refractivity contribution is -0.137. The van der Waals surface area contributed by atoms with Crippen molar-refractivity contribution >= 4 is 17.1 Å². The van der Waals surface area contributed by atoms with Gasteiger partial charge in [0.05, 0.1) is 13.7 Å². The number of alkyl halides is 4. The van der Waals surface area contributed by atoms with E-state index in [-0.39, 0.29) is 23.0 Å². The average Bonchev–Trinajstić information content (AvgIpc) is 2.65. The summed E-state index contributed by atoms with van der Waals surface area (Å²) in [5, 5.41) is 0. The summed E-state index contributed by atoms with van der Waals surface area (Å²) in [6.07, 6.45) is -2.77. The molecule has 0 fully saturated rings. The topological polar surface area (TPSA) is 78.8 Å². The van der Waals surface area contributed by atoms with Gasteiger partial charge in [-0.1, -0.05) is 0 Å². The van der Waals surface area contributed by atoms with E-state index in [0.717, 1.165) is 6.33 Å². The van der Waals surface area contributed by atoms with Gasteiger partial charge in [-0.2, -0.15) is 13.8 Å². The number of hydrogen-bond donors (Lipinski definition) is 1. The van der Waals surface area contributed by atoms with Crippen LogP contribution in [0.25, 0.3) is 11.2 Å². The summed E-state index contributed by atoms with van der Waals surface area (Å²) in [4.78, 5) is 11.2. The van der Waals surface area contributed by atoms with Crippen LogP contribution in [0.5, 0.6) is 5.88 Å². The first-order valence-electron chi connectivity index (χ1n) is 5.03. The molecular weight excluding hydrogens is 270 g/mol. The number of rotatable bonds is 4. The van der Waals surface area contributed by atoms with Crippen molar-refractivity contribution in [3.8, 4) is 5.88 Å². The van der Waals surface area contributed by atoms with E-state index >= 15 is 0 Å². The summed E-state index contributed by atoms with van der Waals surface area (Å²) in [6.45, 7) is -1.33. The Labute approximate surface area is 104 Å². The molecule has 0 aliphatic carbocycles. The monoisotopic (exact) mass is 279 g/mol. The Hall–Kier alpha value is -2.13. The Morgan fingerprint density at radius 2 is 2.11 bits per heavy atom. The van der Waals surface area contributed by atoms with Crippen LogP contribution in [0.1, 0.15) is 0 Å². The fraction of sp³-hybridized carbons (Fsp3) is 0.444. The maximum atomic E-state index is 13.1. The maximum Gasteiger partial charge on any atom is 0.325 e. The zero-order chi connectivity index (χ0) is 14.2. The van der Waals surface area contributed by atoms with Crippen LogP contribution < -0.4 is 10.5 Å². The number of nitrogen functional groups attached to an aromatic ring is 1. The third-order valence-electron chi connectivity index (χ3n) is 2.41. The van der Waals surface area contributed by atoms with Crippen LogP contribution in [0, 0.1) is 0 Å². The highest BCUT2D eigenvalue weighted by molar-refractivity contribution is 5.78. The highest BCUT2D eigenvalue weighted by atomic mass is 19.3. The number of hydrogen-bond acceptors (Lipinski definition) is 5. The summed E-state index contributed by atoms with van der Waals surface area (Å²) >= 11 is 0. The van der Waals surface area contributed by atoms with Crippen molar-refractivity contribution in [2.24, 2.45) is 0 Å². The summed E-state index contributed by atoms with van der Waals surface area (Å²) < 4.78 is 56.1. The molecule has 19 heavy (non-hydrogen) atoms. The minimum atomic E-state index is -4.24. The van der Waals surface area contributed by atoms with E-state index < -0.39 is 18.9 Å². The average molecular weight is 279 g/mol. The second-order valence-electron chi connectivity index (χ2n) is 3.67. The number of fused-ring (bicyclic) bond motifs is 1. The molecule has 0 atom stereocenters. The van der Waals surface area contributed by atoms with Gasteiger partial charge in [0.15, 0.2) is 11.2 Å². The van der Waals surface area contributed by atoms with Crippen LogP contribution in [-0.4, -0.2) is 39.0 Å². The third kappa shape index (κ3) is 2.25. The molecule has 0 amide bonds. The zero-order valence-electron chi connectivity index (χ0n) is 9.65. The van der Waals surface area contributed by atoms with Crippen molar-refractivity contribution in [1.82, 2.24) is 19.5 Å². The molecule has 2 aromatic rings. The van der Waals surface area contributed by atoms with Crippen molar-refractivity contribution < 1.29 is 22.3 Å². The molecule has 0 aliphatic rings. The number of nitrogens with two attached hydrogens (primary N) is 1. The predicted octanol–water partition coefficient (Wildman–Crippen LogP) is 1.32. The molecule has 6 nitrogen and oxygen atoms in total. The molecule has 0 aliphatic heterocycles. The minimum absolute atomic E-state index is 0.0239. The smallest absolute Gasteiger partial charge is 0.325 e. The number of ether oxygens (including phenoxy) is 1. The van der Waals surface area contributed by atoms with Gasteiger partial charge in [0.2, 0.25) is 11.8 Å². The lowest BCUT2D eigenvalue weighted by Crippen LogP contribution is -2.32. The fourth-order valence-corrected chi connectivity index (χ4v) is 1.52. The Balaban J connectivity index is 2.53. The number of imidazole rings is 1. The van der Waals surface area contributed by atoms with E-state index in [4.69, 9.17) is 10.5 Å². The predicted molar refractivity (Wildman–Crippen MR) is 57.2 cm³/mol. The van der Waals surface area contributed by atoms with Crippen LogP contribution in [0.2, 0.25) is 0 Å². The Morgan fingerprint density at radius 3 is 2.68 bits per heavy atom. The largest absolute Gasteiger partial charge is 0.479 e. The number of aromatic nitrogens is 4. The van der Waals surface area contributed by atoms with E-state index in [0.29, 0.717) is 4.57 Å². The molecular formula is C9H9F4N5O. The van der Waals surface area contributed by atoms with E-state index in [9.17, 15) is 17.6 Å². The van der Waals surface area contributed by atoms with Gasteiger partial charge < -0.3 is 10.5 Å². The molecule has 0 spiro atoms. The van der Waals surface area contributed by atoms with Crippen molar-refractivity contribution in [1.29, 1.82) is 0 Å². The Kier molecular flexibility index (Phi) is 3.16. The summed E-state index contributed by atoms with van der Waals surface area (Å²) in [5.41, 5.74) is 5.38. The zero-order valence-corrected chi connectivity index (χ0v) is 9.65. The van der Waals surface area contributed by atoms with Crippen LogP contribution in [0.15, 0.2) is 6.33 Å². The molecule has 2 aromatic heterocycles. The van der Waals surface area contributed by atoms with Gasteiger partial charge in [-0.15, -0.1) is 0 Å². The van der Waals surface area contributed by atoms with Crippen LogP contribution >= 0.6 is 0 Å². The highest BCUT2D eigenvalue weighted by Crippen LogP contribution is 2.29. The molecule has 0 aromatic carbocycles. The Morgan fingerprint density at radius 1 is 1.42 bits per heavy atom. The molecule has 0 saturated heterocycles. The van der Waals surface area contributed by atoms with E-state index in [1.165, 1.54) is 7.11 Å². The lowest BCUT2D eigenvalue weighted by Gasteiger charge is -2.16. The summed E-state index contributed by atoms with van der Waals surface area (Å²) in [6, 6.07) is 0. The molecule has 0 saturated carbocycles. The van der Waals surface area contributed by atoms with E-state index in [1.807, 2.05) is 0 Å². The Bertz CT molecular complexity index is 600. The third-order valence-corrected chi connectivity index (χ3v) is 2.41. The molecule has 0 unspecified atom stereocenters. The summed E-state index contributed by atoms with van der Waals surface area (Å²) in [7, 11) is 1.30. The molecule has 0 bridgehead atoms. The molecule has 2 heterocycles. The first kappa shape index (κ1) is 13.3. The standard InChI is InChI=1S/C9H9F4N5O/c1-19-6-4-5(15-3-16-6)18(8(14)17-4)2-9(12,13)7(10)11/h3,7H,2H2,1H3,(H2,14,17). The van der Waals surface area contributed by atoms with Crippen molar-refractivity contribution in [3.63, 3.8) is 0 Å². The maximum absolute atomic E-state index is 13.1. The quantitative estimate of drug-likeness (QED) is 0.854. The van der Waals surface area contributed by atoms with Crippen LogP contribution in [0.4, 0.5) is 23.5 Å². The highest BCUT2D eigenvalue weighted by Gasteiger charge is 2.42. The van der Waals surface area contributed by atoms with Gasteiger partial charge in [-0.25, -0.2) is 18.7 Å². The van der Waals surface area contributed by atoms with Crippen LogP contribution in [0.3, 0.4) is 0 Å². The molecule has 2 rings (SSSR count). The van der Waals surface area contributed by atoms with Gasteiger partial charge in [0.25, 0.3) is 0 Å². The van der Waals surface area contributed by atoms with Gasteiger partial charge >= 0.3 is 12.3 Å². The van der Waals surface area contributed by atoms with Gasteiger partial charge in [-0.05, 0) is 0 Å². The lowest BCUT2D eigenvalue weighted by atomic mass is 10.3. The number of methoxy groups -OCH3 is 1. The normalized spacial score (nSPS) is 12.3. The second kappa shape index (κ2) is 4.52. The van der Waals surface area contributed by atoms with Crippen molar-refractivity contribution in [3.05, 3.63) is 6.33 Å².